The number of aromatic carboxylic acids is 1. The van der Waals surface area contributed by atoms with Crippen molar-refractivity contribution in [2.24, 2.45) is 0 Å². The van der Waals surface area contributed by atoms with E-state index in [4.69, 9.17) is 0 Å². The molecule has 2 saturated carbocycles. The van der Waals surface area contributed by atoms with Crippen LogP contribution in [0.15, 0.2) is 11.0 Å². The molecule has 0 radical (unpaired) electrons. The number of nitrogens with zero attached hydrogens (tertiary/aromatic N) is 2. The first-order valence-corrected chi connectivity index (χ1v) is 7.03. The van der Waals surface area contributed by atoms with Crippen molar-refractivity contribution in [1.82, 2.24) is 9.55 Å². The minimum Gasteiger partial charge on any atom is -0.478 e. The molecule has 5 heteroatoms. The lowest BCUT2D eigenvalue weighted by atomic mass is 9.85. The highest BCUT2D eigenvalue weighted by Gasteiger charge is 2.29. The molecule has 1 N–H and O–H groups in total. The largest absolute Gasteiger partial charge is 0.478 e. The average molecular weight is 262 g/mol. The summed E-state index contributed by atoms with van der Waals surface area (Å²) < 4.78 is 1.50. The Labute approximate surface area is 111 Å². The van der Waals surface area contributed by atoms with Gasteiger partial charge in [-0.2, -0.15) is 4.98 Å². The third kappa shape index (κ3) is 2.41. The highest BCUT2D eigenvalue weighted by molar-refractivity contribution is 5.88. The molecule has 5 nitrogen and oxygen atoms in total. The van der Waals surface area contributed by atoms with Gasteiger partial charge in [-0.1, -0.05) is 19.3 Å². The Morgan fingerprint density at radius 2 is 1.89 bits per heavy atom. The van der Waals surface area contributed by atoms with Crippen LogP contribution in [0, 0.1) is 0 Å². The summed E-state index contributed by atoms with van der Waals surface area (Å²) in [7, 11) is 0. The summed E-state index contributed by atoms with van der Waals surface area (Å²) in [5.41, 5.74) is 0.445. The van der Waals surface area contributed by atoms with E-state index >= 15 is 0 Å². The Bertz CT molecular complexity index is 554. The molecule has 0 atom stereocenters. The number of carbonyl (C=O) groups is 1. The zero-order valence-corrected chi connectivity index (χ0v) is 10.8. The third-order valence-electron chi connectivity index (χ3n) is 4.14. The van der Waals surface area contributed by atoms with E-state index < -0.39 is 5.97 Å². The van der Waals surface area contributed by atoms with Crippen LogP contribution >= 0.6 is 0 Å². The summed E-state index contributed by atoms with van der Waals surface area (Å²) >= 11 is 0. The van der Waals surface area contributed by atoms with Crippen LogP contribution in [0.5, 0.6) is 0 Å². The summed E-state index contributed by atoms with van der Waals surface area (Å²) in [5, 5.41) is 9.36. The molecule has 1 aromatic heterocycles. The molecule has 3 rings (SSSR count). The fourth-order valence-electron chi connectivity index (χ4n) is 2.95. The van der Waals surface area contributed by atoms with E-state index in [2.05, 4.69) is 4.98 Å². The fourth-order valence-corrected chi connectivity index (χ4v) is 2.95. The standard InChI is InChI=1S/C14H18N2O3/c17-13(18)11-8-16(10-6-7-10)14(19)15-12(11)9-4-2-1-3-5-9/h8-10H,1-7H2,(H,17,18). The van der Waals surface area contributed by atoms with Crippen molar-refractivity contribution in [3.05, 3.63) is 27.9 Å². The van der Waals surface area contributed by atoms with Gasteiger partial charge in [-0.05, 0) is 25.7 Å². The molecule has 2 aliphatic rings. The van der Waals surface area contributed by atoms with Crippen molar-refractivity contribution in [3.63, 3.8) is 0 Å². The second kappa shape index (κ2) is 4.79. The molecular weight excluding hydrogens is 244 g/mol. The quantitative estimate of drug-likeness (QED) is 0.907. The minimum absolute atomic E-state index is 0.140. The topological polar surface area (TPSA) is 72.2 Å². The SMILES string of the molecule is O=C(O)c1cn(C2CC2)c(=O)nc1C1CCCCC1. The number of aromatic nitrogens is 2. The maximum absolute atomic E-state index is 12.0. The maximum Gasteiger partial charge on any atom is 0.348 e. The molecule has 1 heterocycles. The van der Waals surface area contributed by atoms with Crippen LogP contribution in [0.4, 0.5) is 0 Å². The molecule has 0 amide bonds. The van der Waals surface area contributed by atoms with Crippen molar-refractivity contribution >= 4 is 5.97 Å². The Morgan fingerprint density at radius 1 is 1.21 bits per heavy atom. The van der Waals surface area contributed by atoms with Crippen LogP contribution < -0.4 is 5.69 Å². The van der Waals surface area contributed by atoms with E-state index in [9.17, 15) is 14.7 Å². The lowest BCUT2D eigenvalue weighted by Gasteiger charge is -2.22. The molecule has 102 valence electrons. The summed E-state index contributed by atoms with van der Waals surface area (Å²) in [5.74, 6) is -0.830. The van der Waals surface area contributed by atoms with Gasteiger partial charge in [0.2, 0.25) is 0 Å². The van der Waals surface area contributed by atoms with Gasteiger partial charge in [0.15, 0.2) is 0 Å². The van der Waals surface area contributed by atoms with Gasteiger partial charge >= 0.3 is 11.7 Å². The van der Waals surface area contributed by atoms with Crippen molar-refractivity contribution in [2.75, 3.05) is 0 Å². The highest BCUT2D eigenvalue weighted by Crippen LogP contribution is 2.36. The minimum atomic E-state index is -0.970. The number of carboxylic acid groups (broad SMARTS) is 1. The van der Waals surface area contributed by atoms with E-state index in [0.717, 1.165) is 38.5 Å². The first kappa shape index (κ1) is 12.4. The predicted molar refractivity (Wildman–Crippen MR) is 69.6 cm³/mol. The van der Waals surface area contributed by atoms with E-state index in [1.165, 1.54) is 17.2 Å². The molecule has 0 aliphatic heterocycles. The molecule has 2 aliphatic carbocycles. The lowest BCUT2D eigenvalue weighted by Crippen LogP contribution is -2.27. The molecule has 0 spiro atoms. The van der Waals surface area contributed by atoms with E-state index in [0.29, 0.717) is 5.69 Å². The van der Waals surface area contributed by atoms with Gasteiger partial charge in [0.05, 0.1) is 11.3 Å². The van der Waals surface area contributed by atoms with Crippen LogP contribution in [-0.2, 0) is 0 Å². The van der Waals surface area contributed by atoms with Gasteiger partial charge in [-0.25, -0.2) is 9.59 Å². The zero-order chi connectivity index (χ0) is 13.4. The zero-order valence-electron chi connectivity index (χ0n) is 10.8. The average Bonchev–Trinajstić information content (AvgIpc) is 3.23. The molecule has 19 heavy (non-hydrogen) atoms. The van der Waals surface area contributed by atoms with E-state index in [1.54, 1.807) is 0 Å². The first-order valence-electron chi connectivity index (χ1n) is 7.03. The van der Waals surface area contributed by atoms with Gasteiger partial charge in [-0.15, -0.1) is 0 Å². The van der Waals surface area contributed by atoms with E-state index in [-0.39, 0.29) is 23.2 Å². The fraction of sp³-hybridized carbons (Fsp3) is 0.643. The number of hydrogen-bond acceptors (Lipinski definition) is 3. The second-order valence-electron chi connectivity index (χ2n) is 5.60. The predicted octanol–water partition coefficient (Wildman–Crippen LogP) is 2.32. The van der Waals surface area contributed by atoms with Crippen LogP contribution in [0.1, 0.15) is 73.0 Å². The first-order chi connectivity index (χ1) is 9.16. The molecule has 0 bridgehead atoms. The van der Waals surface area contributed by atoms with Crippen LogP contribution in [0.2, 0.25) is 0 Å². The van der Waals surface area contributed by atoms with Gasteiger partial charge in [0.1, 0.15) is 0 Å². The van der Waals surface area contributed by atoms with Crippen LogP contribution in [0.25, 0.3) is 0 Å². The summed E-state index contributed by atoms with van der Waals surface area (Å²) in [6.07, 6.45) is 8.68. The number of hydrogen-bond donors (Lipinski definition) is 1. The molecule has 2 fully saturated rings. The molecular formula is C14H18N2O3. The summed E-state index contributed by atoms with van der Waals surface area (Å²) in [6.45, 7) is 0. The molecule has 1 aromatic rings. The molecule has 0 aromatic carbocycles. The highest BCUT2D eigenvalue weighted by atomic mass is 16.4. The molecule has 0 saturated heterocycles. The van der Waals surface area contributed by atoms with Crippen LogP contribution in [0.3, 0.4) is 0 Å². The van der Waals surface area contributed by atoms with Gasteiger partial charge in [0.25, 0.3) is 0 Å². The van der Waals surface area contributed by atoms with Gasteiger partial charge in [-0.3, -0.25) is 4.57 Å². The monoisotopic (exact) mass is 262 g/mol. The van der Waals surface area contributed by atoms with E-state index in [1.807, 2.05) is 0 Å². The van der Waals surface area contributed by atoms with Crippen molar-refractivity contribution in [2.45, 2.75) is 56.9 Å². The Kier molecular flexibility index (Phi) is 3.12. The Hall–Kier alpha value is -1.65. The summed E-state index contributed by atoms with van der Waals surface area (Å²) in [6, 6.07) is 0.165. The second-order valence-corrected chi connectivity index (χ2v) is 5.60. The third-order valence-corrected chi connectivity index (χ3v) is 4.14. The normalized spacial score (nSPS) is 20.4. The lowest BCUT2D eigenvalue weighted by molar-refractivity contribution is 0.0692. The number of carboxylic acids is 1. The van der Waals surface area contributed by atoms with Crippen molar-refractivity contribution < 1.29 is 9.90 Å². The molecule has 0 unspecified atom stereocenters. The maximum atomic E-state index is 12.0. The number of rotatable bonds is 3. The van der Waals surface area contributed by atoms with Crippen LogP contribution in [-0.4, -0.2) is 20.6 Å². The summed E-state index contributed by atoms with van der Waals surface area (Å²) in [4.78, 5) is 27.5. The van der Waals surface area contributed by atoms with Gasteiger partial charge in [0, 0.05) is 18.2 Å². The van der Waals surface area contributed by atoms with Gasteiger partial charge < -0.3 is 5.11 Å². The van der Waals surface area contributed by atoms with Crippen molar-refractivity contribution in [3.8, 4) is 0 Å². The Morgan fingerprint density at radius 3 is 2.47 bits per heavy atom. The van der Waals surface area contributed by atoms with Crippen molar-refractivity contribution in [1.29, 1.82) is 0 Å². The Balaban J connectivity index is 2.03. The smallest absolute Gasteiger partial charge is 0.348 e.